The van der Waals surface area contributed by atoms with E-state index in [0.717, 1.165) is 5.56 Å². The number of nitrogens with zero attached hydrogens (tertiary/aromatic N) is 1. The van der Waals surface area contributed by atoms with Crippen molar-refractivity contribution in [2.45, 2.75) is 6.29 Å². The fourth-order valence-electron chi connectivity index (χ4n) is 2.06. The lowest BCUT2D eigenvalue weighted by atomic mass is 10.1. The Bertz CT molecular complexity index is 737. The summed E-state index contributed by atoms with van der Waals surface area (Å²) in [6.45, 7) is 0. The molecule has 0 fully saturated rings. The fraction of sp³-hybridized carbons (Fsp3) is 0.0625. The average Bonchev–Trinajstić information content (AvgIpc) is 2.55. The number of carbonyl (C=O) groups excluding carboxylic acids is 1. The molecule has 2 aromatic carbocycles. The monoisotopic (exact) mass is 297 g/mol. The molecule has 6 nitrogen and oxygen atoms in total. The molecule has 0 saturated carbocycles. The van der Waals surface area contributed by atoms with Crippen LogP contribution in [0.25, 0.3) is 5.76 Å². The predicted octanol–water partition coefficient (Wildman–Crippen LogP) is 3.21. The highest BCUT2D eigenvalue weighted by atomic mass is 16.7. The van der Waals surface area contributed by atoms with E-state index in [1.165, 1.54) is 30.3 Å². The lowest BCUT2D eigenvalue weighted by Gasteiger charge is -2.24. The van der Waals surface area contributed by atoms with E-state index in [1.807, 2.05) is 30.3 Å². The second-order valence-corrected chi connectivity index (χ2v) is 4.61. The Hall–Kier alpha value is -3.15. The maximum Gasteiger partial charge on any atom is 0.337 e. The summed E-state index contributed by atoms with van der Waals surface area (Å²) >= 11 is 0. The molecular weight excluding hydrogens is 286 g/mol. The van der Waals surface area contributed by atoms with Crippen LogP contribution in [-0.4, -0.2) is 10.9 Å². The minimum atomic E-state index is -0.923. The summed E-state index contributed by atoms with van der Waals surface area (Å²) < 4.78 is 10.8. The number of benzene rings is 2. The van der Waals surface area contributed by atoms with Crippen molar-refractivity contribution in [2.75, 3.05) is 0 Å². The summed E-state index contributed by atoms with van der Waals surface area (Å²) in [6, 6.07) is 14.8. The van der Waals surface area contributed by atoms with Gasteiger partial charge in [-0.1, -0.05) is 30.3 Å². The van der Waals surface area contributed by atoms with Crippen LogP contribution in [0.1, 0.15) is 17.4 Å². The van der Waals surface area contributed by atoms with Gasteiger partial charge in [-0.15, -0.1) is 0 Å². The molecule has 0 radical (unpaired) electrons. The first kappa shape index (κ1) is 13.8. The number of rotatable bonds is 3. The number of hydrogen-bond donors (Lipinski definition) is 0. The number of nitro benzene ring substituents is 1. The Kier molecular flexibility index (Phi) is 3.57. The van der Waals surface area contributed by atoms with Crippen molar-refractivity contribution in [2.24, 2.45) is 0 Å². The molecule has 0 amide bonds. The van der Waals surface area contributed by atoms with Crippen molar-refractivity contribution in [3.63, 3.8) is 0 Å². The van der Waals surface area contributed by atoms with E-state index in [4.69, 9.17) is 9.47 Å². The topological polar surface area (TPSA) is 78.7 Å². The van der Waals surface area contributed by atoms with E-state index in [0.29, 0.717) is 11.3 Å². The third-order valence-electron chi connectivity index (χ3n) is 3.14. The Morgan fingerprint density at radius 1 is 0.955 bits per heavy atom. The molecule has 1 aliphatic heterocycles. The molecule has 1 atom stereocenters. The molecule has 22 heavy (non-hydrogen) atoms. The minimum Gasteiger partial charge on any atom is -0.450 e. The molecule has 0 aliphatic carbocycles. The van der Waals surface area contributed by atoms with Gasteiger partial charge in [-0.05, 0) is 12.1 Å². The molecule has 0 bridgehead atoms. The molecule has 6 heteroatoms. The molecule has 0 saturated heterocycles. The van der Waals surface area contributed by atoms with Crippen LogP contribution < -0.4 is 0 Å². The number of non-ortho nitro benzene ring substituents is 1. The largest absolute Gasteiger partial charge is 0.450 e. The summed E-state index contributed by atoms with van der Waals surface area (Å²) in [6.07, 6.45) is 0.352. The first-order valence-corrected chi connectivity index (χ1v) is 6.52. The molecule has 2 aromatic rings. The first-order valence-electron chi connectivity index (χ1n) is 6.52. The third kappa shape index (κ3) is 2.80. The van der Waals surface area contributed by atoms with E-state index in [9.17, 15) is 14.9 Å². The van der Waals surface area contributed by atoms with Crippen LogP contribution >= 0.6 is 0 Å². The third-order valence-corrected chi connectivity index (χ3v) is 3.14. The standard InChI is InChI=1S/C16H11NO5/c18-15-10-14(11-4-2-1-3-5-11)21-16(22-15)12-6-8-13(9-7-12)17(19)20/h1-10,16H/t16-/m1/s1. The van der Waals surface area contributed by atoms with Crippen LogP contribution in [0, 0.1) is 10.1 Å². The van der Waals surface area contributed by atoms with Gasteiger partial charge in [0.2, 0.25) is 0 Å². The molecule has 0 aromatic heterocycles. The quantitative estimate of drug-likeness (QED) is 0.494. The van der Waals surface area contributed by atoms with Gasteiger partial charge in [-0.3, -0.25) is 10.1 Å². The Labute approximate surface area is 125 Å². The van der Waals surface area contributed by atoms with Crippen LogP contribution in [0.3, 0.4) is 0 Å². The van der Waals surface area contributed by atoms with E-state index >= 15 is 0 Å². The zero-order valence-electron chi connectivity index (χ0n) is 11.3. The highest BCUT2D eigenvalue weighted by Gasteiger charge is 2.25. The maximum absolute atomic E-state index is 11.7. The van der Waals surface area contributed by atoms with Gasteiger partial charge < -0.3 is 9.47 Å². The van der Waals surface area contributed by atoms with Crippen molar-refractivity contribution < 1.29 is 19.2 Å². The van der Waals surface area contributed by atoms with Crippen molar-refractivity contribution in [1.82, 2.24) is 0 Å². The lowest BCUT2D eigenvalue weighted by Crippen LogP contribution is -2.18. The fourth-order valence-corrected chi connectivity index (χ4v) is 2.06. The van der Waals surface area contributed by atoms with Crippen molar-refractivity contribution in [1.29, 1.82) is 0 Å². The Balaban J connectivity index is 1.86. The van der Waals surface area contributed by atoms with E-state index in [-0.39, 0.29) is 5.69 Å². The summed E-state index contributed by atoms with van der Waals surface area (Å²) in [5.41, 5.74) is 1.25. The predicted molar refractivity (Wildman–Crippen MR) is 77.4 cm³/mol. The molecule has 0 unspecified atom stereocenters. The summed E-state index contributed by atoms with van der Waals surface area (Å²) in [5, 5.41) is 10.7. The van der Waals surface area contributed by atoms with Crippen molar-refractivity contribution in [3.8, 4) is 0 Å². The summed E-state index contributed by atoms with van der Waals surface area (Å²) in [7, 11) is 0. The second kappa shape index (κ2) is 5.69. The molecule has 110 valence electrons. The number of nitro groups is 1. The van der Waals surface area contributed by atoms with E-state index in [2.05, 4.69) is 0 Å². The Morgan fingerprint density at radius 2 is 1.64 bits per heavy atom. The van der Waals surface area contributed by atoms with Gasteiger partial charge >= 0.3 is 5.97 Å². The molecule has 0 N–H and O–H groups in total. The Morgan fingerprint density at radius 3 is 2.27 bits per heavy atom. The second-order valence-electron chi connectivity index (χ2n) is 4.61. The lowest BCUT2D eigenvalue weighted by molar-refractivity contribution is -0.384. The zero-order chi connectivity index (χ0) is 15.5. The average molecular weight is 297 g/mol. The van der Waals surface area contributed by atoms with Gasteiger partial charge in [0, 0.05) is 23.3 Å². The molecular formula is C16H11NO5. The molecule has 0 spiro atoms. The first-order chi connectivity index (χ1) is 10.6. The minimum absolute atomic E-state index is 0.0373. The SMILES string of the molecule is O=C1C=C(c2ccccc2)O[C@@H](c2ccc([N+](=O)[O-])cc2)O1. The molecule has 3 rings (SSSR count). The highest BCUT2D eigenvalue weighted by Crippen LogP contribution is 2.31. The number of hydrogen-bond acceptors (Lipinski definition) is 5. The smallest absolute Gasteiger partial charge is 0.337 e. The van der Waals surface area contributed by atoms with Crippen LogP contribution in [-0.2, 0) is 14.3 Å². The van der Waals surface area contributed by atoms with Gasteiger partial charge in [0.05, 0.1) is 11.0 Å². The molecule has 1 aliphatic rings. The van der Waals surface area contributed by atoms with Crippen LogP contribution in [0.2, 0.25) is 0 Å². The van der Waals surface area contributed by atoms with Gasteiger partial charge in [0.15, 0.2) is 0 Å². The number of ether oxygens (including phenoxy) is 2. The van der Waals surface area contributed by atoms with Crippen LogP contribution in [0.4, 0.5) is 5.69 Å². The van der Waals surface area contributed by atoms with Crippen LogP contribution in [0.15, 0.2) is 60.7 Å². The van der Waals surface area contributed by atoms with Crippen LogP contribution in [0.5, 0.6) is 0 Å². The van der Waals surface area contributed by atoms with Gasteiger partial charge in [-0.25, -0.2) is 4.79 Å². The van der Waals surface area contributed by atoms with Gasteiger partial charge in [-0.2, -0.15) is 0 Å². The van der Waals surface area contributed by atoms with Crippen molar-refractivity contribution >= 4 is 17.4 Å². The number of carbonyl (C=O) groups is 1. The van der Waals surface area contributed by atoms with E-state index < -0.39 is 17.2 Å². The van der Waals surface area contributed by atoms with Crippen molar-refractivity contribution in [3.05, 3.63) is 81.9 Å². The normalized spacial score (nSPS) is 17.2. The summed E-state index contributed by atoms with van der Waals surface area (Å²) in [4.78, 5) is 21.9. The number of esters is 1. The highest BCUT2D eigenvalue weighted by molar-refractivity contribution is 5.91. The number of cyclic esters (lactones) is 1. The summed E-state index contributed by atoms with van der Waals surface area (Å²) in [5.74, 6) is -0.117. The van der Waals surface area contributed by atoms with Gasteiger partial charge in [0.25, 0.3) is 12.0 Å². The zero-order valence-corrected chi connectivity index (χ0v) is 11.3. The molecule has 1 heterocycles. The van der Waals surface area contributed by atoms with E-state index in [1.54, 1.807) is 0 Å². The maximum atomic E-state index is 11.7. The van der Waals surface area contributed by atoms with Gasteiger partial charge in [0.1, 0.15) is 5.76 Å².